The Morgan fingerprint density at radius 1 is 1.27 bits per heavy atom. The highest BCUT2D eigenvalue weighted by atomic mass is 16.6. The van der Waals surface area contributed by atoms with Crippen LogP contribution in [0, 0.1) is 10.1 Å². The van der Waals surface area contributed by atoms with E-state index in [-0.39, 0.29) is 34.8 Å². The lowest BCUT2D eigenvalue weighted by molar-refractivity contribution is -0.384. The highest BCUT2D eigenvalue weighted by Crippen LogP contribution is 2.40. The zero-order chi connectivity index (χ0) is 20.3. The molecule has 138 valence electrons. The largest absolute Gasteiger partial charge is 0.466 e. The standard InChI is InChI=1S/C18H20N2O6/c1-5-26-18(22)15-11(3)19-10(2)14(17(21)25-4)16(15)12-7-6-8-13(9-12)20(23)24/h6-9,16,19H,5H2,1-4H3/i/hD. The van der Waals surface area contributed by atoms with E-state index in [1.165, 1.54) is 25.3 Å². The minimum atomic E-state index is -0.946. The third-order valence-electron chi connectivity index (χ3n) is 4.01. The zero-order valence-electron chi connectivity index (χ0n) is 15.9. The SMILES string of the molecule is [2H]N1C(C)=C(C(=O)OC)C(c2cccc([N+](=O)[O-])c2)C(C(=O)OCC)=C1C. The van der Waals surface area contributed by atoms with Gasteiger partial charge >= 0.3 is 11.9 Å². The molecule has 8 heteroatoms. The third-order valence-corrected chi connectivity index (χ3v) is 4.01. The molecule has 0 saturated heterocycles. The molecule has 0 fully saturated rings. The maximum atomic E-state index is 12.6. The van der Waals surface area contributed by atoms with Crippen molar-refractivity contribution in [3.05, 3.63) is 62.5 Å². The molecule has 1 aliphatic rings. The topological polar surface area (TPSA) is 108 Å². The summed E-state index contributed by atoms with van der Waals surface area (Å²) in [4.78, 5) is 35.7. The fourth-order valence-electron chi connectivity index (χ4n) is 2.94. The van der Waals surface area contributed by atoms with Gasteiger partial charge in [-0.1, -0.05) is 12.1 Å². The molecule has 1 atom stereocenters. The number of dihydropyridines is 1. The number of benzene rings is 1. The van der Waals surface area contributed by atoms with Gasteiger partial charge in [-0.15, -0.1) is 0 Å². The van der Waals surface area contributed by atoms with Gasteiger partial charge in [0, 0.05) is 23.5 Å². The van der Waals surface area contributed by atoms with E-state index in [2.05, 4.69) is 0 Å². The van der Waals surface area contributed by atoms with Crippen molar-refractivity contribution in [3.8, 4) is 0 Å². The van der Waals surface area contributed by atoms with Crippen molar-refractivity contribution in [2.24, 2.45) is 0 Å². The van der Waals surface area contributed by atoms with Crippen LogP contribution < -0.4 is 5.31 Å². The fraction of sp³-hybridized carbons (Fsp3) is 0.333. The molecule has 0 bridgehead atoms. The van der Waals surface area contributed by atoms with Crippen LogP contribution in [-0.2, 0) is 19.1 Å². The third kappa shape index (κ3) is 3.58. The maximum Gasteiger partial charge on any atom is 0.336 e. The van der Waals surface area contributed by atoms with Gasteiger partial charge < -0.3 is 14.8 Å². The number of nitro benzene ring substituents is 1. The second kappa shape index (κ2) is 7.81. The normalized spacial score (nSPS) is 17.8. The quantitative estimate of drug-likeness (QED) is 0.488. The van der Waals surface area contributed by atoms with E-state index < -0.39 is 22.8 Å². The Labute approximate surface area is 152 Å². The van der Waals surface area contributed by atoms with Crippen LogP contribution in [0.2, 0.25) is 1.41 Å². The van der Waals surface area contributed by atoms with Gasteiger partial charge in [0.1, 0.15) is 0 Å². The van der Waals surface area contributed by atoms with E-state index >= 15 is 0 Å². The Bertz CT molecular complexity index is 861. The van der Waals surface area contributed by atoms with Crippen molar-refractivity contribution in [1.82, 2.24) is 5.31 Å². The van der Waals surface area contributed by atoms with E-state index in [1.807, 2.05) is 0 Å². The summed E-state index contributed by atoms with van der Waals surface area (Å²) in [5.41, 5.74) is 0.849. The number of esters is 2. The molecular formula is C18H20N2O6. The average molecular weight is 361 g/mol. The zero-order valence-corrected chi connectivity index (χ0v) is 14.9. The lowest BCUT2D eigenvalue weighted by Gasteiger charge is -2.30. The number of rotatable bonds is 5. The number of nitrogens with zero attached hydrogens (tertiary/aromatic N) is 1. The molecule has 8 nitrogen and oxygen atoms in total. The number of hydrogen-bond acceptors (Lipinski definition) is 7. The summed E-state index contributed by atoms with van der Waals surface area (Å²) >= 11 is 0. The average Bonchev–Trinajstić information content (AvgIpc) is 2.65. The molecule has 1 aliphatic heterocycles. The van der Waals surface area contributed by atoms with Gasteiger partial charge in [0.2, 0.25) is 0 Å². The minimum absolute atomic E-state index is 0.0571. The molecule has 1 unspecified atom stereocenters. The molecule has 1 aromatic rings. The second-order valence-electron chi connectivity index (χ2n) is 5.61. The van der Waals surface area contributed by atoms with Gasteiger partial charge in [0.25, 0.3) is 5.69 Å². The number of hydrogen-bond donors (Lipinski definition) is 1. The Morgan fingerprint density at radius 2 is 1.88 bits per heavy atom. The molecule has 1 N–H and O–H groups in total. The first-order valence-electron chi connectivity index (χ1n) is 8.39. The smallest absolute Gasteiger partial charge is 0.336 e. The van der Waals surface area contributed by atoms with Crippen molar-refractivity contribution >= 4 is 17.6 Å². The number of non-ortho nitro benzene ring substituents is 1. The van der Waals surface area contributed by atoms with Gasteiger partial charge in [-0.25, -0.2) is 9.59 Å². The van der Waals surface area contributed by atoms with Crippen LogP contribution in [-0.4, -0.2) is 30.6 Å². The van der Waals surface area contributed by atoms with Crippen molar-refractivity contribution in [2.75, 3.05) is 13.7 Å². The van der Waals surface area contributed by atoms with Crippen LogP contribution in [0.3, 0.4) is 0 Å². The summed E-state index contributed by atoms with van der Waals surface area (Å²) in [5.74, 6) is -2.37. The van der Waals surface area contributed by atoms with Gasteiger partial charge in [-0.05, 0) is 26.3 Å². The Hall–Kier alpha value is -3.16. The Balaban J connectivity index is 2.77. The second-order valence-corrected chi connectivity index (χ2v) is 5.61. The van der Waals surface area contributed by atoms with Crippen molar-refractivity contribution in [2.45, 2.75) is 26.7 Å². The summed E-state index contributed by atoms with van der Waals surface area (Å²) in [6, 6.07) is 5.67. The van der Waals surface area contributed by atoms with Crippen molar-refractivity contribution in [1.29, 1.82) is 0 Å². The number of allylic oxidation sites excluding steroid dienone is 2. The molecule has 0 aromatic heterocycles. The first kappa shape index (κ1) is 17.7. The minimum Gasteiger partial charge on any atom is -0.466 e. The summed E-state index contributed by atoms with van der Waals surface area (Å²) in [6.45, 7) is 4.85. The van der Waals surface area contributed by atoms with Gasteiger partial charge in [-0.2, -0.15) is 0 Å². The first-order chi connectivity index (χ1) is 12.7. The molecule has 0 amide bonds. The van der Waals surface area contributed by atoms with Gasteiger partial charge in [0.15, 0.2) is 1.41 Å². The van der Waals surface area contributed by atoms with E-state index in [1.54, 1.807) is 26.8 Å². The number of nitrogens with one attached hydrogen (secondary N) is 1. The van der Waals surface area contributed by atoms with Crippen LogP contribution in [0.15, 0.2) is 46.8 Å². The monoisotopic (exact) mass is 361 g/mol. The molecular weight excluding hydrogens is 340 g/mol. The van der Waals surface area contributed by atoms with E-state index in [9.17, 15) is 19.7 Å². The van der Waals surface area contributed by atoms with Crippen LogP contribution in [0.4, 0.5) is 5.69 Å². The number of ether oxygens (including phenoxy) is 2. The number of nitro groups is 1. The molecule has 2 rings (SSSR count). The van der Waals surface area contributed by atoms with E-state index in [0.29, 0.717) is 5.56 Å². The molecule has 1 aromatic carbocycles. The number of carbonyl (C=O) groups excluding carboxylic acids is 2. The molecule has 0 aliphatic carbocycles. The lowest BCUT2D eigenvalue weighted by Crippen LogP contribution is -2.32. The van der Waals surface area contributed by atoms with Crippen LogP contribution in [0.25, 0.3) is 0 Å². The molecule has 0 spiro atoms. The predicted molar refractivity (Wildman–Crippen MR) is 93.0 cm³/mol. The van der Waals surface area contributed by atoms with Crippen LogP contribution >= 0.6 is 0 Å². The molecule has 26 heavy (non-hydrogen) atoms. The molecule has 0 radical (unpaired) electrons. The van der Waals surface area contributed by atoms with Gasteiger partial charge in [-0.3, -0.25) is 10.1 Å². The highest BCUT2D eigenvalue weighted by molar-refractivity contribution is 5.99. The van der Waals surface area contributed by atoms with Crippen molar-refractivity contribution in [3.63, 3.8) is 0 Å². The summed E-state index contributed by atoms with van der Waals surface area (Å²) < 4.78 is 18.2. The maximum absolute atomic E-state index is 12.6. The predicted octanol–water partition coefficient (Wildman–Crippen LogP) is 2.57. The summed E-state index contributed by atoms with van der Waals surface area (Å²) in [7, 11) is 1.19. The van der Waals surface area contributed by atoms with Crippen molar-refractivity contribution < 1.29 is 25.4 Å². The van der Waals surface area contributed by atoms with Crippen LogP contribution in [0.5, 0.6) is 0 Å². The molecule has 1 heterocycles. The highest BCUT2D eigenvalue weighted by Gasteiger charge is 2.38. The molecule has 0 saturated carbocycles. The number of methoxy groups -OCH3 is 1. The number of carbonyl (C=O) groups is 2. The summed E-state index contributed by atoms with van der Waals surface area (Å²) in [6.07, 6.45) is 0. The Morgan fingerprint density at radius 3 is 2.42 bits per heavy atom. The fourth-order valence-corrected chi connectivity index (χ4v) is 2.94. The first-order valence-corrected chi connectivity index (χ1v) is 7.94. The van der Waals surface area contributed by atoms with E-state index in [4.69, 9.17) is 10.9 Å². The summed E-state index contributed by atoms with van der Waals surface area (Å²) in [5, 5.41) is 12.1. The van der Waals surface area contributed by atoms with E-state index in [0.717, 1.165) is 5.31 Å². The van der Waals surface area contributed by atoms with Crippen LogP contribution in [0.1, 0.15) is 32.3 Å². The lowest BCUT2D eigenvalue weighted by atomic mass is 9.80. The Kier molecular flexibility index (Phi) is 5.31. The van der Waals surface area contributed by atoms with Gasteiger partial charge in [0.05, 0.1) is 35.7 Å².